The zero-order valence-electron chi connectivity index (χ0n) is 17.0. The molecule has 8 heteroatoms. The second-order valence-corrected chi connectivity index (χ2v) is 6.69. The van der Waals surface area contributed by atoms with Gasteiger partial charge in [0.1, 0.15) is 23.3 Å². The van der Waals surface area contributed by atoms with Gasteiger partial charge in [-0.15, -0.1) is 0 Å². The molecule has 0 saturated heterocycles. The van der Waals surface area contributed by atoms with Gasteiger partial charge in [-0.25, -0.2) is 17.6 Å². The number of benzene rings is 2. The van der Waals surface area contributed by atoms with Crippen LogP contribution in [-0.4, -0.2) is 9.97 Å². The number of aromatic nitrogens is 2. The van der Waals surface area contributed by atoms with E-state index in [-0.39, 0.29) is 0 Å². The molecule has 0 aliphatic carbocycles. The van der Waals surface area contributed by atoms with E-state index in [1.165, 1.54) is 42.2 Å². The third-order valence-corrected chi connectivity index (χ3v) is 4.25. The van der Waals surface area contributed by atoms with Gasteiger partial charge in [0.05, 0.1) is 11.4 Å². The number of rotatable bonds is 2. The third kappa shape index (κ3) is 7.23. The number of hydrogen-bond acceptors (Lipinski definition) is 2. The summed E-state index contributed by atoms with van der Waals surface area (Å²) in [5.41, 5.74) is 3.66. The molecule has 2 heterocycles. The first-order chi connectivity index (χ1) is 15.3. The van der Waals surface area contributed by atoms with Crippen molar-refractivity contribution in [3.63, 3.8) is 0 Å². The fourth-order valence-corrected chi connectivity index (χ4v) is 2.76. The van der Waals surface area contributed by atoms with Crippen LogP contribution in [0.4, 0.5) is 17.6 Å². The average Bonchev–Trinajstić information content (AvgIpc) is 2.75. The van der Waals surface area contributed by atoms with Crippen LogP contribution in [0.3, 0.4) is 0 Å². The predicted octanol–water partition coefficient (Wildman–Crippen LogP) is 7.36. The van der Waals surface area contributed by atoms with Crippen molar-refractivity contribution in [2.45, 2.75) is 13.8 Å². The molecule has 0 unspecified atom stereocenters. The molecule has 4 aromatic rings. The fraction of sp³-hybridized carbons (Fsp3) is 0.0833. The first kappa shape index (κ1) is 25.7. The van der Waals surface area contributed by atoms with E-state index in [1.54, 1.807) is 24.5 Å². The van der Waals surface area contributed by atoms with Crippen LogP contribution in [0.1, 0.15) is 11.1 Å². The minimum atomic E-state index is -0.590. The van der Waals surface area contributed by atoms with Crippen LogP contribution >= 0.6 is 9.58 Å². The Bertz CT molecular complexity index is 1100. The molecular weight excluding hydrogens is 620 g/mol. The van der Waals surface area contributed by atoms with E-state index < -0.39 is 23.3 Å². The molecule has 2 aromatic carbocycles. The quantitative estimate of drug-likeness (QED) is 0.215. The molecule has 0 aliphatic rings. The normalized spacial score (nSPS) is 9.91. The van der Waals surface area contributed by atoms with Gasteiger partial charge in [0.2, 0.25) is 0 Å². The molecule has 0 aliphatic heterocycles. The molecule has 0 N–H and O–H groups in total. The number of hydrogen-bond donors (Lipinski definition) is 0. The van der Waals surface area contributed by atoms with Crippen molar-refractivity contribution in [2.75, 3.05) is 0 Å². The Labute approximate surface area is 198 Å². The van der Waals surface area contributed by atoms with Gasteiger partial charge in [0.25, 0.3) is 0 Å². The van der Waals surface area contributed by atoms with Gasteiger partial charge in [-0.2, -0.15) is 0 Å². The SMILES string of the molecule is Cc1ccnc(-c2ccc(F)cc2F)c1.Cc1ccnc(-c2ccc(F)cc2F)c1.[Cl][Ir]. The van der Waals surface area contributed by atoms with Crippen LogP contribution in [0.25, 0.3) is 22.5 Å². The summed E-state index contributed by atoms with van der Waals surface area (Å²) < 4.78 is 52.1. The molecule has 0 amide bonds. The van der Waals surface area contributed by atoms with E-state index in [0.717, 1.165) is 23.3 Å². The molecular formula is C24H18ClF4IrN2. The second-order valence-electron chi connectivity index (χ2n) is 6.69. The molecule has 168 valence electrons. The molecule has 0 atom stereocenters. The van der Waals surface area contributed by atoms with E-state index in [1.807, 2.05) is 26.0 Å². The van der Waals surface area contributed by atoms with E-state index in [9.17, 15) is 17.6 Å². The Hall–Kier alpha value is -2.60. The van der Waals surface area contributed by atoms with Gasteiger partial charge in [0.15, 0.2) is 0 Å². The maximum atomic E-state index is 13.4. The van der Waals surface area contributed by atoms with Crippen molar-refractivity contribution in [1.29, 1.82) is 0 Å². The Kier molecular flexibility index (Phi) is 9.97. The van der Waals surface area contributed by atoms with Crippen LogP contribution in [0.15, 0.2) is 73.1 Å². The Morgan fingerprint density at radius 1 is 0.594 bits per heavy atom. The molecule has 32 heavy (non-hydrogen) atoms. The van der Waals surface area contributed by atoms with Crippen LogP contribution in [0, 0.1) is 37.1 Å². The first-order valence-corrected chi connectivity index (χ1v) is 12.2. The Morgan fingerprint density at radius 3 is 1.28 bits per heavy atom. The van der Waals surface area contributed by atoms with Crippen LogP contribution < -0.4 is 0 Å². The predicted molar refractivity (Wildman–Crippen MR) is 115 cm³/mol. The summed E-state index contributed by atoms with van der Waals surface area (Å²) in [5.74, 6) is -2.34. The maximum absolute atomic E-state index is 13.4. The van der Waals surface area contributed by atoms with Crippen molar-refractivity contribution < 1.29 is 35.5 Å². The molecule has 0 spiro atoms. The third-order valence-electron chi connectivity index (χ3n) is 4.25. The van der Waals surface area contributed by atoms with Crippen LogP contribution in [0.2, 0.25) is 0 Å². The van der Waals surface area contributed by atoms with E-state index >= 15 is 0 Å². The van der Waals surface area contributed by atoms with Crippen molar-refractivity contribution in [1.82, 2.24) is 9.97 Å². The Morgan fingerprint density at radius 2 is 0.969 bits per heavy atom. The van der Waals surface area contributed by atoms with Crippen molar-refractivity contribution in [3.8, 4) is 22.5 Å². The second kappa shape index (κ2) is 12.4. The number of nitrogens with zero attached hydrogens (tertiary/aromatic N) is 2. The summed E-state index contributed by atoms with van der Waals surface area (Å²) in [6.45, 7) is 3.79. The molecule has 0 saturated carbocycles. The van der Waals surface area contributed by atoms with E-state index in [4.69, 9.17) is 0 Å². The first-order valence-electron chi connectivity index (χ1n) is 9.22. The van der Waals surface area contributed by atoms with E-state index in [2.05, 4.69) is 19.6 Å². The number of halogens is 5. The molecule has 2 aromatic heterocycles. The number of pyridine rings is 2. The van der Waals surface area contributed by atoms with Gasteiger partial charge >= 0.3 is 27.5 Å². The van der Waals surface area contributed by atoms with Gasteiger partial charge in [0, 0.05) is 35.7 Å². The summed E-state index contributed by atoms with van der Waals surface area (Å²) in [5, 5.41) is 0. The summed E-state index contributed by atoms with van der Waals surface area (Å²) in [6.07, 6.45) is 3.21. The molecule has 0 bridgehead atoms. The molecule has 2 nitrogen and oxygen atoms in total. The van der Waals surface area contributed by atoms with Crippen molar-refractivity contribution >= 4 is 9.58 Å². The van der Waals surface area contributed by atoms with Gasteiger partial charge in [-0.3, -0.25) is 9.97 Å². The topological polar surface area (TPSA) is 25.8 Å². The van der Waals surface area contributed by atoms with Gasteiger partial charge in [-0.05, 0) is 73.5 Å². The summed E-state index contributed by atoms with van der Waals surface area (Å²) in [7, 11) is 4.64. The summed E-state index contributed by atoms with van der Waals surface area (Å²) >= 11 is 1.47. The fourth-order valence-electron chi connectivity index (χ4n) is 2.76. The molecule has 0 fully saturated rings. The number of aryl methyl sites for hydroxylation is 2. The van der Waals surface area contributed by atoms with Gasteiger partial charge < -0.3 is 0 Å². The molecule has 4 rings (SSSR count). The van der Waals surface area contributed by atoms with Crippen molar-refractivity contribution in [3.05, 3.63) is 107 Å². The van der Waals surface area contributed by atoms with Crippen molar-refractivity contribution in [2.24, 2.45) is 0 Å². The van der Waals surface area contributed by atoms with Gasteiger partial charge in [-0.1, -0.05) is 0 Å². The average molecular weight is 638 g/mol. The Balaban J connectivity index is 0.000000211. The zero-order valence-corrected chi connectivity index (χ0v) is 20.2. The van der Waals surface area contributed by atoms with Crippen LogP contribution in [-0.2, 0) is 17.9 Å². The van der Waals surface area contributed by atoms with Crippen LogP contribution in [0.5, 0.6) is 0 Å². The minimum absolute atomic E-state index is 0.320. The zero-order chi connectivity index (χ0) is 23.7. The van der Waals surface area contributed by atoms with E-state index in [0.29, 0.717) is 22.5 Å². The summed E-state index contributed by atoms with van der Waals surface area (Å²) in [4.78, 5) is 8.08. The molecule has 0 radical (unpaired) electrons. The standard InChI is InChI=1S/2C12H9F2N.ClH.Ir/c2*1-8-4-5-15-12(6-8)10-3-2-9(13)7-11(10)14;;/h2*2-7H,1H3;1H;/q;;;+1/p-1. The summed E-state index contributed by atoms with van der Waals surface area (Å²) in [6, 6.07) is 14.1. The monoisotopic (exact) mass is 638 g/mol.